The van der Waals surface area contributed by atoms with Crippen LogP contribution in [-0.2, 0) is 14.3 Å². The van der Waals surface area contributed by atoms with Crippen molar-refractivity contribution in [2.75, 3.05) is 19.8 Å². The summed E-state index contributed by atoms with van der Waals surface area (Å²) >= 11 is 0. The van der Waals surface area contributed by atoms with Crippen molar-refractivity contribution in [1.29, 1.82) is 0 Å². The van der Waals surface area contributed by atoms with E-state index in [1.807, 2.05) is 12.2 Å². The fourth-order valence-corrected chi connectivity index (χ4v) is 3.81. The summed E-state index contributed by atoms with van der Waals surface area (Å²) in [5.41, 5.74) is -0.930. The first-order chi connectivity index (χ1) is 10.0. The third-order valence-electron chi connectivity index (χ3n) is 5.06. The normalized spacial score (nSPS) is 36.6. The molecule has 1 saturated carbocycles. The van der Waals surface area contributed by atoms with E-state index in [1.54, 1.807) is 0 Å². The number of allylic oxidation sites excluding steroid dienone is 2. The highest BCUT2D eigenvalue weighted by molar-refractivity contribution is 5.86. The fourth-order valence-electron chi connectivity index (χ4n) is 3.81. The molecule has 0 aromatic heterocycles. The number of aliphatic carboxylic acids is 1. The van der Waals surface area contributed by atoms with E-state index in [4.69, 9.17) is 4.74 Å². The molecule has 2 aliphatic carbocycles. The van der Waals surface area contributed by atoms with Crippen LogP contribution in [0.3, 0.4) is 0 Å². The molecule has 2 fully saturated rings. The molecule has 4 atom stereocenters. The molecule has 4 unspecified atom stereocenters. The zero-order valence-corrected chi connectivity index (χ0v) is 11.8. The number of carbonyl (C=O) groups excluding carboxylic acids is 1. The topological polar surface area (TPSA) is 95.9 Å². The number of hydrogen-bond donors (Lipinski definition) is 3. The van der Waals surface area contributed by atoms with Crippen molar-refractivity contribution < 1.29 is 24.5 Å². The maximum atomic E-state index is 12.4. The van der Waals surface area contributed by atoms with Gasteiger partial charge in [0.2, 0.25) is 5.91 Å². The molecule has 0 radical (unpaired) electrons. The van der Waals surface area contributed by atoms with Crippen LogP contribution in [0.15, 0.2) is 12.2 Å². The molecule has 6 heteroatoms. The summed E-state index contributed by atoms with van der Waals surface area (Å²) in [6.07, 6.45) is 5.60. The molecule has 3 rings (SSSR count). The Balaban J connectivity index is 1.62. The molecule has 3 aliphatic rings. The molecule has 116 valence electrons. The second-order valence-corrected chi connectivity index (χ2v) is 6.39. The SMILES string of the molecule is O=C(O)C1C2C=CC(C2)C1C(=O)NCC1(O)CCOCC1. The third kappa shape index (κ3) is 2.70. The number of aliphatic hydroxyl groups is 1. The number of amides is 1. The zero-order chi connectivity index (χ0) is 15.0. The van der Waals surface area contributed by atoms with Gasteiger partial charge in [0.05, 0.1) is 17.4 Å². The number of hydrogen-bond acceptors (Lipinski definition) is 4. The largest absolute Gasteiger partial charge is 0.481 e. The number of carboxylic acid groups (broad SMARTS) is 1. The van der Waals surface area contributed by atoms with Crippen LogP contribution in [0.5, 0.6) is 0 Å². The van der Waals surface area contributed by atoms with E-state index >= 15 is 0 Å². The summed E-state index contributed by atoms with van der Waals surface area (Å²) in [5.74, 6) is -2.32. The second kappa shape index (κ2) is 5.42. The Morgan fingerprint density at radius 1 is 1.19 bits per heavy atom. The molecule has 3 N–H and O–H groups in total. The Morgan fingerprint density at radius 3 is 2.43 bits per heavy atom. The van der Waals surface area contributed by atoms with Gasteiger partial charge in [-0.15, -0.1) is 0 Å². The summed E-state index contributed by atoms with van der Waals surface area (Å²) in [4.78, 5) is 23.8. The highest BCUT2D eigenvalue weighted by Crippen LogP contribution is 2.48. The molecular formula is C15H21NO5. The maximum absolute atomic E-state index is 12.4. The average molecular weight is 295 g/mol. The molecule has 1 aliphatic heterocycles. The Morgan fingerprint density at radius 2 is 1.81 bits per heavy atom. The minimum Gasteiger partial charge on any atom is -0.481 e. The van der Waals surface area contributed by atoms with E-state index in [-0.39, 0.29) is 24.3 Å². The van der Waals surface area contributed by atoms with E-state index in [1.165, 1.54) is 0 Å². The van der Waals surface area contributed by atoms with Crippen LogP contribution in [0.1, 0.15) is 19.3 Å². The first-order valence-electron chi connectivity index (χ1n) is 7.49. The van der Waals surface area contributed by atoms with Gasteiger partial charge < -0.3 is 20.3 Å². The predicted molar refractivity (Wildman–Crippen MR) is 73.4 cm³/mol. The molecule has 1 saturated heterocycles. The van der Waals surface area contributed by atoms with Gasteiger partial charge in [-0.3, -0.25) is 9.59 Å². The first-order valence-corrected chi connectivity index (χ1v) is 7.49. The Kier molecular flexibility index (Phi) is 3.75. The van der Waals surface area contributed by atoms with Gasteiger partial charge in [0, 0.05) is 32.6 Å². The molecule has 6 nitrogen and oxygen atoms in total. The summed E-state index contributed by atoms with van der Waals surface area (Å²) in [6, 6.07) is 0. The van der Waals surface area contributed by atoms with Crippen LogP contribution in [0.4, 0.5) is 0 Å². The zero-order valence-electron chi connectivity index (χ0n) is 11.8. The van der Waals surface area contributed by atoms with Crippen molar-refractivity contribution in [3.8, 4) is 0 Å². The second-order valence-electron chi connectivity index (χ2n) is 6.39. The van der Waals surface area contributed by atoms with Gasteiger partial charge in [-0.1, -0.05) is 12.2 Å². The molecule has 2 bridgehead atoms. The Bertz CT molecular complexity index is 469. The molecule has 1 amide bonds. The smallest absolute Gasteiger partial charge is 0.307 e. The van der Waals surface area contributed by atoms with Crippen molar-refractivity contribution >= 4 is 11.9 Å². The lowest BCUT2D eigenvalue weighted by Gasteiger charge is -2.33. The van der Waals surface area contributed by atoms with Crippen LogP contribution in [0.25, 0.3) is 0 Å². The lowest BCUT2D eigenvalue weighted by Crippen LogP contribution is -2.49. The lowest BCUT2D eigenvalue weighted by atomic mass is 9.82. The monoisotopic (exact) mass is 295 g/mol. The van der Waals surface area contributed by atoms with E-state index in [0.717, 1.165) is 6.42 Å². The molecule has 21 heavy (non-hydrogen) atoms. The van der Waals surface area contributed by atoms with E-state index in [2.05, 4.69) is 5.32 Å². The van der Waals surface area contributed by atoms with E-state index in [0.29, 0.717) is 26.1 Å². The summed E-state index contributed by atoms with van der Waals surface area (Å²) in [6.45, 7) is 1.14. The van der Waals surface area contributed by atoms with Crippen molar-refractivity contribution in [3.05, 3.63) is 12.2 Å². The number of carboxylic acids is 1. The summed E-state index contributed by atoms with van der Waals surface area (Å²) in [7, 11) is 0. The highest BCUT2D eigenvalue weighted by Gasteiger charge is 2.51. The van der Waals surface area contributed by atoms with Crippen molar-refractivity contribution in [3.63, 3.8) is 0 Å². The molecule has 0 aromatic carbocycles. The van der Waals surface area contributed by atoms with Gasteiger partial charge in [0.25, 0.3) is 0 Å². The van der Waals surface area contributed by atoms with Crippen molar-refractivity contribution in [2.24, 2.45) is 23.7 Å². The highest BCUT2D eigenvalue weighted by atomic mass is 16.5. The summed E-state index contributed by atoms with van der Waals surface area (Å²) in [5, 5.41) is 22.5. The van der Waals surface area contributed by atoms with Crippen LogP contribution in [0.2, 0.25) is 0 Å². The Labute approximate surface area is 123 Å². The van der Waals surface area contributed by atoms with Crippen LogP contribution >= 0.6 is 0 Å². The number of fused-ring (bicyclic) bond motifs is 2. The van der Waals surface area contributed by atoms with Gasteiger partial charge >= 0.3 is 5.97 Å². The van der Waals surface area contributed by atoms with Gasteiger partial charge in [0.15, 0.2) is 0 Å². The predicted octanol–water partition coefficient (Wildman–Crippen LogP) is 0.167. The number of rotatable bonds is 4. The van der Waals surface area contributed by atoms with Gasteiger partial charge in [-0.25, -0.2) is 0 Å². The van der Waals surface area contributed by atoms with Crippen LogP contribution < -0.4 is 5.32 Å². The van der Waals surface area contributed by atoms with Crippen molar-refractivity contribution in [2.45, 2.75) is 24.9 Å². The van der Waals surface area contributed by atoms with Gasteiger partial charge in [0.1, 0.15) is 0 Å². The van der Waals surface area contributed by atoms with Crippen molar-refractivity contribution in [1.82, 2.24) is 5.32 Å². The first kappa shape index (κ1) is 14.5. The van der Waals surface area contributed by atoms with Gasteiger partial charge in [-0.05, 0) is 18.3 Å². The van der Waals surface area contributed by atoms with Crippen LogP contribution in [0, 0.1) is 23.7 Å². The van der Waals surface area contributed by atoms with Gasteiger partial charge in [-0.2, -0.15) is 0 Å². The molecule has 1 heterocycles. The summed E-state index contributed by atoms with van der Waals surface area (Å²) < 4.78 is 5.20. The Hall–Kier alpha value is -1.40. The molecule has 0 aromatic rings. The minimum atomic E-state index is -0.930. The fraction of sp³-hybridized carbons (Fsp3) is 0.733. The average Bonchev–Trinajstić information content (AvgIpc) is 3.06. The van der Waals surface area contributed by atoms with E-state index in [9.17, 15) is 19.8 Å². The number of carbonyl (C=O) groups is 2. The van der Waals surface area contributed by atoms with E-state index < -0.39 is 23.4 Å². The molecule has 0 spiro atoms. The lowest BCUT2D eigenvalue weighted by molar-refractivity contribution is -0.148. The quantitative estimate of drug-likeness (QED) is 0.642. The maximum Gasteiger partial charge on any atom is 0.307 e. The minimum absolute atomic E-state index is 0.0143. The van der Waals surface area contributed by atoms with Crippen LogP contribution in [-0.4, -0.2) is 47.4 Å². The third-order valence-corrected chi connectivity index (χ3v) is 5.06. The number of ether oxygens (including phenoxy) is 1. The standard InChI is InChI=1S/C15H21NO5/c17-13(16-8-15(20)3-5-21-6-4-15)11-9-1-2-10(7-9)12(11)14(18)19/h1-2,9-12,20H,3-8H2,(H,16,17)(H,18,19). The number of nitrogens with one attached hydrogen (secondary N) is 1. The molecular weight excluding hydrogens is 274 g/mol.